The number of benzene rings is 2. The second kappa shape index (κ2) is 16.1. The van der Waals surface area contributed by atoms with Crippen molar-refractivity contribution in [2.24, 2.45) is 10.8 Å². The maximum atomic E-state index is 11.8. The normalized spacial score (nSPS) is 15.6. The van der Waals surface area contributed by atoms with Gasteiger partial charge in [0.05, 0.1) is 50.5 Å². The van der Waals surface area contributed by atoms with Gasteiger partial charge in [-0.25, -0.2) is 0 Å². The molecular weight excluding hydrogens is 755 g/mol. The van der Waals surface area contributed by atoms with E-state index in [2.05, 4.69) is 36.0 Å². The zero-order valence-electron chi connectivity index (χ0n) is 24.6. The van der Waals surface area contributed by atoms with Gasteiger partial charge in [0, 0.05) is 0 Å². The average Bonchev–Trinajstić information content (AvgIpc) is 3.88. The zero-order valence-corrected chi connectivity index (χ0v) is 30.1. The quantitative estimate of drug-likeness (QED) is 0.192. The van der Waals surface area contributed by atoms with Gasteiger partial charge in [-0.1, -0.05) is 35.3 Å². The Morgan fingerprint density at radius 2 is 1.28 bits per heavy atom. The molecule has 14 heteroatoms. The van der Waals surface area contributed by atoms with Crippen molar-refractivity contribution in [2.45, 2.75) is 53.4 Å². The molecule has 2 aromatic rings. The van der Waals surface area contributed by atoms with E-state index in [0.29, 0.717) is 52.9 Å². The van der Waals surface area contributed by atoms with Gasteiger partial charge in [0.15, 0.2) is 5.75 Å². The lowest BCUT2D eigenvalue weighted by Crippen LogP contribution is -2.26. The predicted molar refractivity (Wildman–Crippen MR) is 172 cm³/mol. The number of carbonyl (C=O) groups is 2. The second-order valence-corrected chi connectivity index (χ2v) is 14.4. The first-order chi connectivity index (χ1) is 20.0. The number of aryl methyl sites for hydroxylation is 2. The van der Waals surface area contributed by atoms with Crippen LogP contribution in [0.1, 0.15) is 50.7 Å². The summed E-state index contributed by atoms with van der Waals surface area (Å²) in [6.07, 6.45) is 3.87. The van der Waals surface area contributed by atoms with Gasteiger partial charge in [-0.15, -0.1) is 0 Å². The summed E-state index contributed by atoms with van der Waals surface area (Å²) in [5, 5.41) is 10.2. The van der Waals surface area contributed by atoms with E-state index in [4.69, 9.17) is 37.4 Å². The number of phenolic OH excluding ortho intramolecular Hbond substituents is 1. The highest BCUT2D eigenvalue weighted by atomic mass is 79.9. The average molecular weight is 791 g/mol. The monoisotopic (exact) mass is 788 g/mol. The lowest BCUT2D eigenvalue weighted by atomic mass is 10.1. The summed E-state index contributed by atoms with van der Waals surface area (Å²) < 4.78 is 43.1. The SMILES string of the molecule is CCOC(=O)C1(COS(C)(=O)=O)CC1.CCOC(=O)C1(COc2c(Br)ccc(C)c2Cl)CC1.Cc1ccc(Br)c(O)c1Cl. The van der Waals surface area contributed by atoms with Crippen molar-refractivity contribution in [3.8, 4) is 11.5 Å². The highest BCUT2D eigenvalue weighted by Gasteiger charge is 2.53. The molecule has 0 radical (unpaired) electrons. The van der Waals surface area contributed by atoms with E-state index in [1.807, 2.05) is 39.0 Å². The molecule has 1 N–H and O–H groups in total. The Labute approximate surface area is 279 Å². The number of hydrogen-bond donors (Lipinski definition) is 1. The van der Waals surface area contributed by atoms with E-state index in [1.165, 1.54) is 0 Å². The fourth-order valence-electron chi connectivity index (χ4n) is 3.52. The maximum Gasteiger partial charge on any atom is 0.315 e. The number of phenols is 1. The van der Waals surface area contributed by atoms with Gasteiger partial charge in [0.2, 0.25) is 0 Å². The third-order valence-corrected chi connectivity index (χ3v) is 9.43. The Morgan fingerprint density at radius 1 is 0.837 bits per heavy atom. The van der Waals surface area contributed by atoms with Gasteiger partial charge >= 0.3 is 11.9 Å². The minimum Gasteiger partial charge on any atom is -0.505 e. The molecule has 0 atom stereocenters. The summed E-state index contributed by atoms with van der Waals surface area (Å²) >= 11 is 18.5. The summed E-state index contributed by atoms with van der Waals surface area (Å²) in [6, 6.07) is 7.40. The minimum absolute atomic E-state index is 0.0926. The van der Waals surface area contributed by atoms with Crippen LogP contribution in [0.5, 0.6) is 11.5 Å². The van der Waals surface area contributed by atoms with E-state index in [0.717, 1.165) is 34.7 Å². The third kappa shape index (κ3) is 11.1. The molecule has 43 heavy (non-hydrogen) atoms. The van der Waals surface area contributed by atoms with Crippen LogP contribution in [0.15, 0.2) is 33.2 Å². The largest absolute Gasteiger partial charge is 0.505 e. The van der Waals surface area contributed by atoms with Gasteiger partial charge in [-0.05, 0) is 108 Å². The summed E-state index contributed by atoms with van der Waals surface area (Å²) in [7, 11) is -3.47. The molecule has 2 aliphatic carbocycles. The lowest BCUT2D eigenvalue weighted by molar-refractivity contribution is -0.151. The summed E-state index contributed by atoms with van der Waals surface area (Å²) in [6.45, 7) is 8.20. The summed E-state index contributed by atoms with van der Waals surface area (Å²) in [5.74, 6) is 0.178. The summed E-state index contributed by atoms with van der Waals surface area (Å²) in [5.41, 5.74) is 0.657. The molecule has 0 aromatic heterocycles. The Balaban J connectivity index is 0.000000237. The second-order valence-electron chi connectivity index (χ2n) is 10.3. The van der Waals surface area contributed by atoms with Crippen molar-refractivity contribution in [3.05, 3.63) is 54.4 Å². The van der Waals surface area contributed by atoms with Crippen molar-refractivity contribution in [1.82, 2.24) is 0 Å². The Hall–Kier alpha value is -1.57. The van der Waals surface area contributed by atoms with Crippen molar-refractivity contribution >= 4 is 77.1 Å². The van der Waals surface area contributed by atoms with Crippen molar-refractivity contribution < 1.29 is 41.5 Å². The first-order valence-corrected chi connectivity index (χ1v) is 17.6. The number of carbonyl (C=O) groups excluding carboxylic acids is 2. The molecule has 240 valence electrons. The number of ether oxygens (including phenoxy) is 3. The molecule has 9 nitrogen and oxygen atoms in total. The third-order valence-electron chi connectivity index (χ3n) is 6.67. The molecule has 2 aromatic carbocycles. The molecule has 0 amide bonds. The molecular formula is C29H36Br2Cl2O9S. The van der Waals surface area contributed by atoms with Crippen molar-refractivity contribution in [2.75, 3.05) is 32.7 Å². The molecule has 0 heterocycles. The van der Waals surface area contributed by atoms with Crippen LogP contribution in [0.25, 0.3) is 0 Å². The molecule has 4 rings (SSSR count). The van der Waals surface area contributed by atoms with Crippen LogP contribution in [0, 0.1) is 24.7 Å². The zero-order chi connectivity index (χ0) is 32.6. The number of halogens is 4. The highest BCUT2D eigenvalue weighted by molar-refractivity contribution is 9.11. The smallest absolute Gasteiger partial charge is 0.315 e. The van der Waals surface area contributed by atoms with Crippen LogP contribution in [-0.2, 0) is 33.4 Å². The van der Waals surface area contributed by atoms with E-state index < -0.39 is 20.9 Å². The van der Waals surface area contributed by atoms with Crippen molar-refractivity contribution in [1.29, 1.82) is 0 Å². The van der Waals surface area contributed by atoms with E-state index in [-0.39, 0.29) is 24.3 Å². The Bertz CT molecular complexity index is 1380. The first kappa shape index (κ1) is 37.6. The number of esters is 2. The Morgan fingerprint density at radius 3 is 1.70 bits per heavy atom. The number of hydrogen-bond acceptors (Lipinski definition) is 9. The van der Waals surface area contributed by atoms with Crippen LogP contribution in [-0.4, -0.2) is 58.1 Å². The predicted octanol–water partition coefficient (Wildman–Crippen LogP) is 7.56. The molecule has 0 bridgehead atoms. The molecule has 2 aliphatic rings. The van der Waals surface area contributed by atoms with Gasteiger partial charge in [0.1, 0.15) is 17.8 Å². The van der Waals surface area contributed by atoms with E-state index >= 15 is 0 Å². The van der Waals surface area contributed by atoms with Crippen LogP contribution in [0.3, 0.4) is 0 Å². The molecule has 2 fully saturated rings. The fraction of sp³-hybridized carbons (Fsp3) is 0.517. The molecule has 0 aliphatic heterocycles. The van der Waals surface area contributed by atoms with Crippen molar-refractivity contribution in [3.63, 3.8) is 0 Å². The topological polar surface area (TPSA) is 125 Å². The molecule has 0 spiro atoms. The minimum atomic E-state index is -3.47. The first-order valence-electron chi connectivity index (χ1n) is 13.4. The maximum absolute atomic E-state index is 11.8. The number of aromatic hydroxyl groups is 1. The van der Waals surface area contributed by atoms with Crippen LogP contribution >= 0.6 is 55.1 Å². The molecule has 0 saturated heterocycles. The highest BCUT2D eigenvalue weighted by Crippen LogP contribution is 2.48. The van der Waals surface area contributed by atoms with Gasteiger partial charge in [-0.3, -0.25) is 13.8 Å². The lowest BCUT2D eigenvalue weighted by Gasteiger charge is -2.17. The molecule has 2 saturated carbocycles. The fourth-order valence-corrected chi connectivity index (χ4v) is 5.35. The summed E-state index contributed by atoms with van der Waals surface area (Å²) in [4.78, 5) is 23.2. The van der Waals surface area contributed by atoms with Gasteiger partial charge in [-0.2, -0.15) is 8.42 Å². The number of rotatable bonds is 10. The van der Waals surface area contributed by atoms with Crippen LogP contribution < -0.4 is 4.74 Å². The van der Waals surface area contributed by atoms with E-state index in [9.17, 15) is 23.1 Å². The van der Waals surface area contributed by atoms with Crippen LogP contribution in [0.4, 0.5) is 0 Å². The van der Waals surface area contributed by atoms with E-state index in [1.54, 1.807) is 13.0 Å². The standard InChI is InChI=1S/C14H16BrClO3.C8H14O5S.C7H6BrClO/c1-3-18-13(17)14(6-7-14)8-19-12-10(15)5-4-9(2)11(12)16;1-3-12-7(9)8(4-5-8)6-13-14(2,10)11;1-4-2-3-5(8)7(10)6(4)9/h4-5H,3,6-8H2,1-2H3;3-6H2,1-2H3;2-3,10H,1H3. The Kier molecular flexibility index (Phi) is 14.1. The molecule has 0 unspecified atom stereocenters. The van der Waals surface area contributed by atoms with Gasteiger partial charge < -0.3 is 19.3 Å². The van der Waals surface area contributed by atoms with Gasteiger partial charge in [0.25, 0.3) is 10.1 Å². The van der Waals surface area contributed by atoms with Crippen LogP contribution in [0.2, 0.25) is 10.0 Å².